The Morgan fingerprint density at radius 3 is 2.09 bits per heavy atom. The summed E-state index contributed by atoms with van der Waals surface area (Å²) in [5.74, 6) is 0.700. The van der Waals surface area contributed by atoms with Crippen molar-refractivity contribution in [2.45, 2.75) is 6.92 Å². The fourth-order valence-corrected chi connectivity index (χ4v) is 4.17. The van der Waals surface area contributed by atoms with Gasteiger partial charge < -0.3 is 4.42 Å². The van der Waals surface area contributed by atoms with Gasteiger partial charge >= 0.3 is 0 Å². The lowest BCUT2D eigenvalue weighted by atomic mass is 10.0. The van der Waals surface area contributed by atoms with E-state index in [2.05, 4.69) is 55.5 Å². The van der Waals surface area contributed by atoms with Gasteiger partial charge in [-0.15, -0.1) is 0 Å². The van der Waals surface area contributed by atoms with E-state index in [4.69, 9.17) is 14.4 Å². The number of benzene rings is 4. The van der Waals surface area contributed by atoms with Crippen molar-refractivity contribution in [3.63, 3.8) is 0 Å². The molecule has 0 unspecified atom stereocenters. The largest absolute Gasteiger partial charge is 0.455 e. The summed E-state index contributed by atoms with van der Waals surface area (Å²) in [7, 11) is 0. The molecule has 0 N–H and O–H groups in total. The summed E-state index contributed by atoms with van der Waals surface area (Å²) in [5, 5.41) is 2.23. The molecule has 0 spiro atoms. The van der Waals surface area contributed by atoms with Crippen LogP contribution in [0.5, 0.6) is 0 Å². The third-order valence-corrected chi connectivity index (χ3v) is 5.76. The van der Waals surface area contributed by atoms with Gasteiger partial charge in [0.2, 0.25) is 0 Å². The standard InChI is InChI=1S/C29H20N2O/c1-19-15-16-27-24(17-19)22-13-8-14-23(28(22)32-27)26-18-25(20-9-4-2-5-10-20)30-29(31-26)21-11-6-3-7-12-21/h2-18H,1H3. The predicted octanol–water partition coefficient (Wildman–Crippen LogP) is 7.69. The van der Waals surface area contributed by atoms with Crippen LogP contribution < -0.4 is 0 Å². The first-order valence-electron chi connectivity index (χ1n) is 10.7. The molecule has 2 heterocycles. The number of hydrogen-bond donors (Lipinski definition) is 0. The molecule has 0 saturated carbocycles. The highest BCUT2D eigenvalue weighted by Gasteiger charge is 2.16. The fourth-order valence-electron chi connectivity index (χ4n) is 4.17. The summed E-state index contributed by atoms with van der Waals surface area (Å²) in [6, 6.07) is 34.9. The first-order chi connectivity index (χ1) is 15.8. The number of furan rings is 1. The van der Waals surface area contributed by atoms with E-state index >= 15 is 0 Å². The second-order valence-corrected chi connectivity index (χ2v) is 7.98. The highest BCUT2D eigenvalue weighted by Crippen LogP contribution is 2.37. The van der Waals surface area contributed by atoms with E-state index < -0.39 is 0 Å². The molecule has 0 radical (unpaired) electrons. The Labute approximate surface area is 186 Å². The molecule has 0 amide bonds. The van der Waals surface area contributed by atoms with E-state index in [9.17, 15) is 0 Å². The molecule has 0 atom stereocenters. The van der Waals surface area contributed by atoms with Gasteiger partial charge in [0.05, 0.1) is 11.4 Å². The van der Waals surface area contributed by atoms with Crippen LogP contribution in [0.15, 0.2) is 108 Å². The maximum absolute atomic E-state index is 6.32. The summed E-state index contributed by atoms with van der Waals surface area (Å²) in [6.45, 7) is 2.10. The minimum Gasteiger partial charge on any atom is -0.455 e. The van der Waals surface area contributed by atoms with Crippen LogP contribution in [0.2, 0.25) is 0 Å². The Balaban J connectivity index is 1.63. The number of fused-ring (bicyclic) bond motifs is 3. The van der Waals surface area contributed by atoms with E-state index in [0.717, 1.165) is 50.0 Å². The van der Waals surface area contributed by atoms with Gasteiger partial charge in [-0.05, 0) is 31.2 Å². The molecule has 0 aliphatic carbocycles. The maximum atomic E-state index is 6.32. The molecule has 3 nitrogen and oxygen atoms in total. The third-order valence-electron chi connectivity index (χ3n) is 5.76. The minimum atomic E-state index is 0.700. The van der Waals surface area contributed by atoms with Crippen molar-refractivity contribution in [1.82, 2.24) is 9.97 Å². The van der Waals surface area contributed by atoms with E-state index in [0.29, 0.717) is 5.82 Å². The van der Waals surface area contributed by atoms with E-state index in [1.165, 1.54) is 5.56 Å². The summed E-state index contributed by atoms with van der Waals surface area (Å²) < 4.78 is 6.32. The molecule has 0 saturated heterocycles. The van der Waals surface area contributed by atoms with Crippen molar-refractivity contribution in [1.29, 1.82) is 0 Å². The first-order valence-corrected chi connectivity index (χ1v) is 10.7. The van der Waals surface area contributed by atoms with E-state index in [-0.39, 0.29) is 0 Å². The summed E-state index contributed by atoms with van der Waals surface area (Å²) in [6.07, 6.45) is 0. The molecular formula is C29H20N2O. The van der Waals surface area contributed by atoms with Crippen molar-refractivity contribution >= 4 is 21.9 Å². The van der Waals surface area contributed by atoms with Crippen molar-refractivity contribution in [2.24, 2.45) is 0 Å². The van der Waals surface area contributed by atoms with Crippen molar-refractivity contribution in [3.05, 3.63) is 109 Å². The van der Waals surface area contributed by atoms with Crippen LogP contribution in [0.3, 0.4) is 0 Å². The minimum absolute atomic E-state index is 0.700. The number of para-hydroxylation sites is 1. The molecule has 6 aromatic rings. The van der Waals surface area contributed by atoms with Crippen molar-refractivity contribution < 1.29 is 4.42 Å². The van der Waals surface area contributed by atoms with Gasteiger partial charge in [0, 0.05) is 27.5 Å². The highest BCUT2D eigenvalue weighted by molar-refractivity contribution is 6.09. The number of rotatable bonds is 3. The van der Waals surface area contributed by atoms with E-state index in [1.54, 1.807) is 0 Å². The number of hydrogen-bond acceptors (Lipinski definition) is 3. The Bertz CT molecular complexity index is 1510. The van der Waals surface area contributed by atoms with Gasteiger partial charge in [0.25, 0.3) is 0 Å². The molecule has 152 valence electrons. The van der Waals surface area contributed by atoms with Crippen LogP contribution in [0.1, 0.15) is 5.56 Å². The Hall–Kier alpha value is -4.24. The molecule has 0 fully saturated rings. The average Bonchev–Trinajstić information content (AvgIpc) is 3.23. The molecule has 0 aliphatic rings. The fraction of sp³-hybridized carbons (Fsp3) is 0.0345. The average molecular weight is 412 g/mol. The second kappa shape index (κ2) is 7.47. The quantitative estimate of drug-likeness (QED) is 0.299. The van der Waals surface area contributed by atoms with E-state index in [1.807, 2.05) is 54.6 Å². The molecule has 32 heavy (non-hydrogen) atoms. The first kappa shape index (κ1) is 18.5. The maximum Gasteiger partial charge on any atom is 0.160 e. The Morgan fingerprint density at radius 1 is 0.594 bits per heavy atom. The molecule has 3 heteroatoms. The van der Waals surface area contributed by atoms with Crippen molar-refractivity contribution in [2.75, 3.05) is 0 Å². The lowest BCUT2D eigenvalue weighted by Crippen LogP contribution is -1.96. The second-order valence-electron chi connectivity index (χ2n) is 7.98. The molecule has 2 aromatic heterocycles. The van der Waals surface area contributed by atoms with Gasteiger partial charge in [-0.3, -0.25) is 0 Å². The van der Waals surface area contributed by atoms with Crippen molar-refractivity contribution in [3.8, 4) is 33.9 Å². The van der Waals surface area contributed by atoms with Gasteiger partial charge in [-0.1, -0.05) is 84.4 Å². The Kier molecular flexibility index (Phi) is 4.32. The van der Waals surface area contributed by atoms with Crippen LogP contribution >= 0.6 is 0 Å². The lowest BCUT2D eigenvalue weighted by Gasteiger charge is -2.09. The number of nitrogens with zero attached hydrogens (tertiary/aromatic N) is 2. The zero-order valence-electron chi connectivity index (χ0n) is 17.6. The third kappa shape index (κ3) is 3.15. The van der Waals surface area contributed by atoms with Crippen LogP contribution in [0.4, 0.5) is 0 Å². The smallest absolute Gasteiger partial charge is 0.160 e. The van der Waals surface area contributed by atoms with Crippen LogP contribution in [-0.2, 0) is 0 Å². The number of aromatic nitrogens is 2. The van der Waals surface area contributed by atoms with Gasteiger partial charge in [0.1, 0.15) is 11.2 Å². The molecule has 4 aromatic carbocycles. The number of aryl methyl sites for hydroxylation is 1. The van der Waals surface area contributed by atoms with Crippen LogP contribution in [0, 0.1) is 6.92 Å². The molecule has 6 rings (SSSR count). The summed E-state index contributed by atoms with van der Waals surface area (Å²) >= 11 is 0. The predicted molar refractivity (Wildman–Crippen MR) is 130 cm³/mol. The Morgan fingerprint density at radius 2 is 1.31 bits per heavy atom. The van der Waals surface area contributed by atoms with Crippen LogP contribution in [0.25, 0.3) is 55.8 Å². The van der Waals surface area contributed by atoms with Gasteiger partial charge in [-0.25, -0.2) is 9.97 Å². The highest BCUT2D eigenvalue weighted by atomic mass is 16.3. The summed E-state index contributed by atoms with van der Waals surface area (Å²) in [4.78, 5) is 9.86. The topological polar surface area (TPSA) is 38.9 Å². The lowest BCUT2D eigenvalue weighted by molar-refractivity contribution is 0.669. The van der Waals surface area contributed by atoms with Gasteiger partial charge in [-0.2, -0.15) is 0 Å². The normalized spacial score (nSPS) is 11.3. The van der Waals surface area contributed by atoms with Crippen LogP contribution in [-0.4, -0.2) is 9.97 Å². The molecule has 0 bridgehead atoms. The molecule has 0 aliphatic heterocycles. The summed E-state index contributed by atoms with van der Waals surface area (Å²) in [5.41, 5.74) is 7.69. The zero-order chi connectivity index (χ0) is 21.5. The van der Waals surface area contributed by atoms with Gasteiger partial charge in [0.15, 0.2) is 5.82 Å². The monoisotopic (exact) mass is 412 g/mol. The SMILES string of the molecule is Cc1ccc2oc3c(-c4cc(-c5ccccc5)nc(-c5ccccc5)n4)cccc3c2c1. The molecular weight excluding hydrogens is 392 g/mol. The zero-order valence-corrected chi connectivity index (χ0v) is 17.6.